The van der Waals surface area contributed by atoms with Crippen LogP contribution in [0.1, 0.15) is 61.2 Å². The first-order chi connectivity index (χ1) is 11.7. The van der Waals surface area contributed by atoms with Crippen LogP contribution in [0, 0.1) is 0 Å². The molecule has 0 saturated heterocycles. The van der Waals surface area contributed by atoms with E-state index in [9.17, 15) is 10.2 Å². The highest BCUT2D eigenvalue weighted by Crippen LogP contribution is 2.53. The highest BCUT2D eigenvalue weighted by molar-refractivity contribution is 5.89. The van der Waals surface area contributed by atoms with E-state index in [0.717, 1.165) is 57.4 Å². The molecule has 0 aliphatic heterocycles. The van der Waals surface area contributed by atoms with Crippen LogP contribution in [-0.4, -0.2) is 10.2 Å². The molecule has 0 fully saturated rings. The summed E-state index contributed by atoms with van der Waals surface area (Å²) in [7, 11) is 0. The molecule has 0 heterocycles. The fraction of sp³-hybridized carbons (Fsp3) is 0.273. The Morgan fingerprint density at radius 2 is 1.04 bits per heavy atom. The maximum absolute atomic E-state index is 11.0. The standard InChI is InChI=1S/C22H22O2/c1-3-13-15-9-5-7-11-17(15)21(23)19(13)20-14(4-2)16-10-6-8-12-18(16)22(20)24/h5-12,21-24H,3-4H2,1-2H3. The second kappa shape index (κ2) is 5.73. The molecule has 2 atom stereocenters. The molecule has 4 rings (SSSR count). The fourth-order valence-corrected chi connectivity index (χ4v) is 4.33. The average Bonchev–Trinajstić information content (AvgIpc) is 3.06. The first-order valence-electron chi connectivity index (χ1n) is 8.70. The molecule has 0 aromatic heterocycles. The molecule has 122 valence electrons. The summed E-state index contributed by atoms with van der Waals surface area (Å²) < 4.78 is 0. The zero-order valence-corrected chi connectivity index (χ0v) is 14.1. The number of rotatable bonds is 3. The smallest absolute Gasteiger partial charge is 0.105 e. The zero-order chi connectivity index (χ0) is 16.8. The lowest BCUT2D eigenvalue weighted by Crippen LogP contribution is -2.06. The molecule has 2 heteroatoms. The van der Waals surface area contributed by atoms with Gasteiger partial charge in [0.25, 0.3) is 0 Å². The van der Waals surface area contributed by atoms with Crippen molar-refractivity contribution in [3.8, 4) is 0 Å². The highest BCUT2D eigenvalue weighted by Gasteiger charge is 2.38. The van der Waals surface area contributed by atoms with E-state index in [1.807, 2.05) is 36.4 Å². The maximum atomic E-state index is 11.0. The molecule has 2 aromatic carbocycles. The first kappa shape index (κ1) is 15.4. The van der Waals surface area contributed by atoms with Crippen molar-refractivity contribution in [1.29, 1.82) is 0 Å². The normalized spacial score (nSPS) is 22.2. The third-order valence-corrected chi connectivity index (χ3v) is 5.36. The maximum Gasteiger partial charge on any atom is 0.105 e. The van der Waals surface area contributed by atoms with Crippen molar-refractivity contribution in [3.05, 3.63) is 81.9 Å². The lowest BCUT2D eigenvalue weighted by Gasteiger charge is -2.18. The van der Waals surface area contributed by atoms with Crippen LogP contribution in [0.5, 0.6) is 0 Å². The van der Waals surface area contributed by atoms with Crippen LogP contribution in [0.15, 0.2) is 59.7 Å². The van der Waals surface area contributed by atoms with Crippen LogP contribution in [0.4, 0.5) is 0 Å². The zero-order valence-electron chi connectivity index (χ0n) is 14.1. The van der Waals surface area contributed by atoms with Crippen molar-refractivity contribution in [2.45, 2.75) is 38.9 Å². The minimum atomic E-state index is -0.656. The SMILES string of the molecule is CCC1=C(C2=C(CC)c3ccccc3C2O)C(O)c2ccccc21. The monoisotopic (exact) mass is 318 g/mol. The highest BCUT2D eigenvalue weighted by atomic mass is 16.3. The summed E-state index contributed by atoms with van der Waals surface area (Å²) in [6.45, 7) is 4.23. The Balaban J connectivity index is 1.96. The van der Waals surface area contributed by atoms with Crippen LogP contribution in [0.3, 0.4) is 0 Å². The number of aliphatic hydroxyl groups is 2. The van der Waals surface area contributed by atoms with Crippen LogP contribution in [0.2, 0.25) is 0 Å². The van der Waals surface area contributed by atoms with Gasteiger partial charge in [-0.25, -0.2) is 0 Å². The minimum Gasteiger partial charge on any atom is -0.384 e. The van der Waals surface area contributed by atoms with Crippen molar-refractivity contribution in [1.82, 2.24) is 0 Å². The van der Waals surface area contributed by atoms with Gasteiger partial charge in [0, 0.05) is 0 Å². The Morgan fingerprint density at radius 1 is 0.667 bits per heavy atom. The topological polar surface area (TPSA) is 40.5 Å². The number of hydrogen-bond donors (Lipinski definition) is 2. The minimum absolute atomic E-state index is 0.656. The van der Waals surface area contributed by atoms with Gasteiger partial charge in [-0.1, -0.05) is 62.4 Å². The lowest BCUT2D eigenvalue weighted by molar-refractivity contribution is 0.196. The molecular formula is C22H22O2. The predicted molar refractivity (Wildman–Crippen MR) is 97.2 cm³/mol. The van der Waals surface area contributed by atoms with E-state index in [4.69, 9.17) is 0 Å². The van der Waals surface area contributed by atoms with Gasteiger partial charge in [-0.05, 0) is 57.4 Å². The number of hydrogen-bond acceptors (Lipinski definition) is 2. The molecule has 0 spiro atoms. The van der Waals surface area contributed by atoms with Crippen molar-refractivity contribution in [2.24, 2.45) is 0 Å². The quantitative estimate of drug-likeness (QED) is 0.853. The van der Waals surface area contributed by atoms with Gasteiger partial charge in [0.05, 0.1) is 0 Å². The molecule has 0 bridgehead atoms. The fourth-order valence-electron chi connectivity index (χ4n) is 4.33. The summed E-state index contributed by atoms with van der Waals surface area (Å²) in [4.78, 5) is 0. The Labute approximate surface area is 142 Å². The molecule has 2 aliphatic rings. The van der Waals surface area contributed by atoms with Gasteiger partial charge in [-0.15, -0.1) is 0 Å². The van der Waals surface area contributed by atoms with E-state index in [1.54, 1.807) is 0 Å². The summed E-state index contributed by atoms with van der Waals surface area (Å²) in [5, 5.41) is 22.0. The van der Waals surface area contributed by atoms with Crippen molar-refractivity contribution < 1.29 is 10.2 Å². The Morgan fingerprint density at radius 3 is 1.42 bits per heavy atom. The molecular weight excluding hydrogens is 296 g/mol. The number of fused-ring (bicyclic) bond motifs is 2. The van der Waals surface area contributed by atoms with Gasteiger partial charge in [-0.3, -0.25) is 0 Å². The molecule has 2 aromatic rings. The summed E-state index contributed by atoms with van der Waals surface area (Å²) in [5.74, 6) is 0. The van der Waals surface area contributed by atoms with Gasteiger partial charge in [0.1, 0.15) is 12.2 Å². The van der Waals surface area contributed by atoms with E-state index in [-0.39, 0.29) is 0 Å². The lowest BCUT2D eigenvalue weighted by atomic mass is 9.91. The summed E-state index contributed by atoms with van der Waals surface area (Å²) in [6.07, 6.45) is 0.369. The van der Waals surface area contributed by atoms with Crippen molar-refractivity contribution in [2.75, 3.05) is 0 Å². The Bertz CT molecular complexity index is 800. The molecule has 24 heavy (non-hydrogen) atoms. The molecule has 0 amide bonds. The van der Waals surface area contributed by atoms with E-state index < -0.39 is 12.2 Å². The van der Waals surface area contributed by atoms with Gasteiger partial charge in [0.2, 0.25) is 0 Å². The molecule has 0 saturated carbocycles. The van der Waals surface area contributed by atoms with Crippen LogP contribution >= 0.6 is 0 Å². The molecule has 2 unspecified atom stereocenters. The second-order valence-corrected chi connectivity index (χ2v) is 6.47. The predicted octanol–water partition coefficient (Wildman–Crippen LogP) is 4.81. The van der Waals surface area contributed by atoms with E-state index in [0.29, 0.717) is 0 Å². The number of benzene rings is 2. The summed E-state index contributed by atoms with van der Waals surface area (Å²) >= 11 is 0. The molecule has 2 nitrogen and oxygen atoms in total. The number of aliphatic hydroxyl groups excluding tert-OH is 2. The summed E-state index contributed by atoms with van der Waals surface area (Å²) in [5.41, 5.74) is 8.29. The van der Waals surface area contributed by atoms with E-state index in [2.05, 4.69) is 26.0 Å². The van der Waals surface area contributed by atoms with Crippen LogP contribution < -0.4 is 0 Å². The third kappa shape index (κ3) is 1.97. The summed E-state index contributed by atoms with van der Waals surface area (Å²) in [6, 6.07) is 16.1. The first-order valence-corrected chi connectivity index (χ1v) is 8.70. The van der Waals surface area contributed by atoms with Gasteiger partial charge < -0.3 is 10.2 Å². The van der Waals surface area contributed by atoms with Crippen molar-refractivity contribution in [3.63, 3.8) is 0 Å². The Kier molecular flexibility index (Phi) is 3.67. The third-order valence-electron chi connectivity index (χ3n) is 5.36. The van der Waals surface area contributed by atoms with E-state index in [1.165, 1.54) is 0 Å². The molecule has 2 N–H and O–H groups in total. The number of allylic oxidation sites excluding steroid dienone is 2. The van der Waals surface area contributed by atoms with Crippen molar-refractivity contribution >= 4 is 11.1 Å². The van der Waals surface area contributed by atoms with Gasteiger partial charge in [-0.2, -0.15) is 0 Å². The largest absolute Gasteiger partial charge is 0.384 e. The molecule has 2 aliphatic carbocycles. The molecule has 0 radical (unpaired) electrons. The second-order valence-electron chi connectivity index (χ2n) is 6.47. The van der Waals surface area contributed by atoms with E-state index >= 15 is 0 Å². The van der Waals surface area contributed by atoms with Crippen LogP contribution in [0.25, 0.3) is 11.1 Å². The van der Waals surface area contributed by atoms with Gasteiger partial charge >= 0.3 is 0 Å². The Hall–Kier alpha value is -2.16. The van der Waals surface area contributed by atoms with Gasteiger partial charge in [0.15, 0.2) is 0 Å². The van der Waals surface area contributed by atoms with Crippen LogP contribution in [-0.2, 0) is 0 Å². The average molecular weight is 318 g/mol.